The van der Waals surface area contributed by atoms with Crippen LogP contribution in [-0.4, -0.2) is 48.0 Å². The molecule has 7 heteroatoms. The number of halogens is 1. The van der Waals surface area contributed by atoms with E-state index in [0.717, 1.165) is 6.54 Å². The third-order valence-electron chi connectivity index (χ3n) is 3.33. The molecule has 0 aliphatic heterocycles. The molecule has 1 aromatic heterocycles. The van der Waals surface area contributed by atoms with E-state index in [0.29, 0.717) is 23.8 Å². The minimum atomic E-state index is -0.280. The molecule has 0 saturated carbocycles. The van der Waals surface area contributed by atoms with Gasteiger partial charge in [-0.2, -0.15) is 0 Å². The molecule has 0 radical (unpaired) electrons. The van der Waals surface area contributed by atoms with E-state index in [1.807, 2.05) is 19.0 Å². The molecule has 1 aromatic carbocycles. The summed E-state index contributed by atoms with van der Waals surface area (Å²) in [5, 5.41) is 5.84. The molecule has 2 aromatic rings. The van der Waals surface area contributed by atoms with Gasteiger partial charge in [0.2, 0.25) is 0 Å². The fraction of sp³-hybridized carbons (Fsp3) is 0.353. The second kappa shape index (κ2) is 8.35. The average molecular weight is 331 g/mol. The van der Waals surface area contributed by atoms with Gasteiger partial charge in [0.05, 0.1) is 0 Å². The third-order valence-corrected chi connectivity index (χ3v) is 3.33. The molecule has 2 N–H and O–H groups in total. The Kier molecular flexibility index (Phi) is 6.20. The zero-order valence-electron chi connectivity index (χ0n) is 14.1. The van der Waals surface area contributed by atoms with Gasteiger partial charge in [0.15, 0.2) is 0 Å². The smallest absolute Gasteiger partial charge is 0.270 e. The molecule has 0 spiro atoms. The van der Waals surface area contributed by atoms with E-state index in [1.165, 1.54) is 6.07 Å². The molecule has 0 atom stereocenters. The second-order valence-electron chi connectivity index (χ2n) is 5.69. The number of aromatic nitrogens is 2. The fourth-order valence-electron chi connectivity index (χ4n) is 2.09. The first kappa shape index (κ1) is 17.8. The van der Waals surface area contributed by atoms with Crippen LogP contribution >= 0.6 is 0 Å². The minimum absolute atomic E-state index is 0.253. The molecule has 0 aliphatic rings. The molecular weight excluding hydrogens is 309 g/mol. The van der Waals surface area contributed by atoms with E-state index >= 15 is 0 Å². The van der Waals surface area contributed by atoms with Crippen molar-refractivity contribution in [3.63, 3.8) is 0 Å². The van der Waals surface area contributed by atoms with Crippen LogP contribution in [0.15, 0.2) is 30.3 Å². The lowest BCUT2D eigenvalue weighted by molar-refractivity contribution is 0.0945. The summed E-state index contributed by atoms with van der Waals surface area (Å²) in [6.07, 6.45) is 0. The van der Waals surface area contributed by atoms with Gasteiger partial charge in [-0.3, -0.25) is 4.79 Å². The van der Waals surface area contributed by atoms with Gasteiger partial charge in [0, 0.05) is 31.3 Å². The van der Waals surface area contributed by atoms with Gasteiger partial charge < -0.3 is 15.5 Å². The summed E-state index contributed by atoms with van der Waals surface area (Å²) in [7, 11) is 3.87. The van der Waals surface area contributed by atoms with Crippen LogP contribution in [0.4, 0.5) is 10.2 Å². The van der Waals surface area contributed by atoms with Crippen molar-refractivity contribution in [1.29, 1.82) is 0 Å². The Morgan fingerprint density at radius 1 is 1.25 bits per heavy atom. The Morgan fingerprint density at radius 2 is 2.00 bits per heavy atom. The maximum Gasteiger partial charge on any atom is 0.270 e. The number of rotatable bonds is 7. The summed E-state index contributed by atoms with van der Waals surface area (Å²) in [4.78, 5) is 22.5. The summed E-state index contributed by atoms with van der Waals surface area (Å²) < 4.78 is 13.6. The number of amides is 1. The number of likely N-dealkylation sites (N-methyl/N-ethyl adjacent to an activating group) is 1. The minimum Gasteiger partial charge on any atom is -0.366 e. The molecule has 0 aliphatic carbocycles. The largest absolute Gasteiger partial charge is 0.366 e. The van der Waals surface area contributed by atoms with Crippen molar-refractivity contribution in [2.75, 3.05) is 32.5 Å². The fourth-order valence-corrected chi connectivity index (χ4v) is 2.09. The van der Waals surface area contributed by atoms with Crippen molar-refractivity contribution >= 4 is 11.7 Å². The highest BCUT2D eigenvalue weighted by Crippen LogP contribution is 2.11. The van der Waals surface area contributed by atoms with Crippen molar-refractivity contribution in [2.45, 2.75) is 13.5 Å². The van der Waals surface area contributed by atoms with Gasteiger partial charge in [-0.15, -0.1) is 0 Å². The van der Waals surface area contributed by atoms with Gasteiger partial charge in [0.25, 0.3) is 5.91 Å². The molecule has 0 bridgehead atoms. The van der Waals surface area contributed by atoms with Crippen LogP contribution in [0.2, 0.25) is 0 Å². The van der Waals surface area contributed by atoms with Crippen LogP contribution in [0.25, 0.3) is 0 Å². The lowest BCUT2D eigenvalue weighted by atomic mass is 10.2. The van der Waals surface area contributed by atoms with Gasteiger partial charge in [0.1, 0.15) is 23.2 Å². The Balaban J connectivity index is 2.02. The zero-order valence-corrected chi connectivity index (χ0v) is 14.1. The van der Waals surface area contributed by atoms with Crippen molar-refractivity contribution in [1.82, 2.24) is 20.2 Å². The molecule has 1 amide bonds. The van der Waals surface area contributed by atoms with Crippen LogP contribution < -0.4 is 10.6 Å². The van der Waals surface area contributed by atoms with Crippen LogP contribution in [0.5, 0.6) is 0 Å². The van der Waals surface area contributed by atoms with E-state index in [1.54, 1.807) is 31.2 Å². The van der Waals surface area contributed by atoms with Gasteiger partial charge in [-0.25, -0.2) is 14.4 Å². The van der Waals surface area contributed by atoms with Gasteiger partial charge >= 0.3 is 0 Å². The predicted molar refractivity (Wildman–Crippen MR) is 91.4 cm³/mol. The Hall–Kier alpha value is -2.54. The number of hydrogen-bond acceptors (Lipinski definition) is 5. The van der Waals surface area contributed by atoms with Crippen molar-refractivity contribution in [3.05, 3.63) is 53.2 Å². The van der Waals surface area contributed by atoms with Gasteiger partial charge in [-0.05, 0) is 27.1 Å². The first-order chi connectivity index (χ1) is 11.5. The zero-order chi connectivity index (χ0) is 17.5. The highest BCUT2D eigenvalue weighted by Gasteiger charge is 2.10. The SMILES string of the molecule is Cc1nc(NCc2ccccc2F)cc(C(=O)NCCN(C)C)n1. The lowest BCUT2D eigenvalue weighted by Crippen LogP contribution is -2.32. The highest BCUT2D eigenvalue weighted by molar-refractivity contribution is 5.92. The molecule has 2 rings (SSSR count). The van der Waals surface area contributed by atoms with Crippen LogP contribution in [0.1, 0.15) is 21.9 Å². The molecule has 0 unspecified atom stereocenters. The third kappa shape index (κ3) is 5.27. The number of anilines is 1. The van der Waals surface area contributed by atoms with Gasteiger partial charge in [-0.1, -0.05) is 18.2 Å². The van der Waals surface area contributed by atoms with Crippen molar-refractivity contribution < 1.29 is 9.18 Å². The number of carbonyl (C=O) groups excluding carboxylic acids is 1. The summed E-state index contributed by atoms with van der Waals surface area (Å²) >= 11 is 0. The summed E-state index contributed by atoms with van der Waals surface area (Å²) in [5.74, 6) is 0.434. The number of nitrogens with zero attached hydrogens (tertiary/aromatic N) is 3. The van der Waals surface area contributed by atoms with Crippen molar-refractivity contribution in [3.8, 4) is 0 Å². The first-order valence-electron chi connectivity index (χ1n) is 7.71. The Morgan fingerprint density at radius 3 is 2.71 bits per heavy atom. The van der Waals surface area contributed by atoms with Crippen molar-refractivity contribution in [2.24, 2.45) is 0 Å². The molecule has 6 nitrogen and oxygen atoms in total. The maximum absolute atomic E-state index is 13.6. The van der Waals surface area contributed by atoms with Crippen LogP contribution in [-0.2, 0) is 6.54 Å². The monoisotopic (exact) mass is 331 g/mol. The summed E-state index contributed by atoms with van der Waals surface area (Å²) in [6.45, 7) is 3.27. The molecule has 24 heavy (non-hydrogen) atoms. The van der Waals surface area contributed by atoms with E-state index in [2.05, 4.69) is 20.6 Å². The number of nitrogens with one attached hydrogen (secondary N) is 2. The molecule has 128 valence electrons. The maximum atomic E-state index is 13.6. The Bertz CT molecular complexity index is 705. The van der Waals surface area contributed by atoms with E-state index in [4.69, 9.17) is 0 Å². The van der Waals surface area contributed by atoms with Crippen LogP contribution in [0.3, 0.4) is 0 Å². The lowest BCUT2D eigenvalue weighted by Gasteiger charge is -2.11. The number of carbonyl (C=O) groups is 1. The number of aryl methyl sites for hydroxylation is 1. The number of benzene rings is 1. The topological polar surface area (TPSA) is 70.2 Å². The molecule has 0 fully saturated rings. The average Bonchev–Trinajstić information content (AvgIpc) is 2.53. The molecule has 0 saturated heterocycles. The number of hydrogen-bond donors (Lipinski definition) is 2. The molecule has 1 heterocycles. The normalized spacial score (nSPS) is 10.7. The predicted octanol–water partition coefficient (Wildman–Crippen LogP) is 1.83. The van der Waals surface area contributed by atoms with E-state index in [9.17, 15) is 9.18 Å². The molecular formula is C17H22FN5O. The Labute approximate surface area is 141 Å². The standard InChI is InChI=1S/C17H22FN5O/c1-12-21-15(17(24)19-8-9-23(2)3)10-16(22-12)20-11-13-6-4-5-7-14(13)18/h4-7,10H,8-9,11H2,1-3H3,(H,19,24)(H,20,21,22). The highest BCUT2D eigenvalue weighted by atomic mass is 19.1. The van der Waals surface area contributed by atoms with E-state index < -0.39 is 0 Å². The second-order valence-corrected chi connectivity index (χ2v) is 5.69. The van der Waals surface area contributed by atoms with Crippen LogP contribution in [0, 0.1) is 12.7 Å². The first-order valence-corrected chi connectivity index (χ1v) is 7.71. The quantitative estimate of drug-likeness (QED) is 0.810. The van der Waals surface area contributed by atoms with E-state index in [-0.39, 0.29) is 24.0 Å². The summed E-state index contributed by atoms with van der Waals surface area (Å²) in [5.41, 5.74) is 0.822. The summed E-state index contributed by atoms with van der Waals surface area (Å²) in [6, 6.07) is 8.09.